The molecule has 3 aromatic heterocycles. The van der Waals surface area contributed by atoms with Crippen LogP contribution < -0.4 is 11.1 Å². The fourth-order valence-corrected chi connectivity index (χ4v) is 2.49. The van der Waals surface area contributed by atoms with Gasteiger partial charge >= 0.3 is 0 Å². The van der Waals surface area contributed by atoms with Gasteiger partial charge in [-0.3, -0.25) is 0 Å². The topological polar surface area (TPSA) is 92.5 Å². The number of aromatic nitrogens is 4. The summed E-state index contributed by atoms with van der Waals surface area (Å²) >= 11 is 1.28. The first-order valence-corrected chi connectivity index (χ1v) is 6.23. The minimum absolute atomic E-state index is 0.667. The number of aromatic amines is 1. The Morgan fingerprint density at radius 2 is 2.17 bits per heavy atom. The Kier molecular flexibility index (Phi) is 2.41. The number of hydrogen-bond donors (Lipinski definition) is 3. The van der Waals surface area contributed by atoms with Gasteiger partial charge in [0.2, 0.25) is 0 Å². The van der Waals surface area contributed by atoms with Crippen molar-refractivity contribution in [2.24, 2.45) is 0 Å². The van der Waals surface area contributed by atoms with Gasteiger partial charge in [0.25, 0.3) is 0 Å². The Morgan fingerprint density at radius 3 is 2.83 bits per heavy atom. The largest absolute Gasteiger partial charge is 0.389 e. The third-order valence-corrected chi connectivity index (χ3v) is 3.49. The van der Waals surface area contributed by atoms with E-state index in [9.17, 15) is 0 Å². The third kappa shape index (κ3) is 1.60. The molecular weight excluding hydrogens is 248 g/mol. The van der Waals surface area contributed by atoms with Crippen LogP contribution in [0.25, 0.3) is 22.6 Å². The van der Waals surface area contributed by atoms with Crippen molar-refractivity contribution >= 4 is 33.5 Å². The second-order valence-corrected chi connectivity index (χ2v) is 4.72. The van der Waals surface area contributed by atoms with Crippen molar-refractivity contribution in [3.05, 3.63) is 17.8 Å². The van der Waals surface area contributed by atoms with Crippen LogP contribution in [0.5, 0.6) is 0 Å². The van der Waals surface area contributed by atoms with Gasteiger partial charge in [-0.05, 0) is 30.6 Å². The van der Waals surface area contributed by atoms with E-state index < -0.39 is 0 Å². The van der Waals surface area contributed by atoms with Gasteiger partial charge < -0.3 is 16.0 Å². The molecule has 0 unspecified atom stereocenters. The Morgan fingerprint density at radius 1 is 1.33 bits per heavy atom. The number of fused-ring (bicyclic) bond motifs is 1. The summed E-state index contributed by atoms with van der Waals surface area (Å²) in [6.45, 7) is 1.92. The SMILES string of the molecule is CNc1ccc2[nH]c(-c3c(C)nsc3N)nc2n1. The number of nitrogen functional groups attached to an aromatic ring is 1. The summed E-state index contributed by atoms with van der Waals surface area (Å²) in [6.07, 6.45) is 0. The van der Waals surface area contributed by atoms with Crippen molar-refractivity contribution in [3.8, 4) is 11.4 Å². The van der Waals surface area contributed by atoms with Gasteiger partial charge in [-0.15, -0.1) is 0 Å². The lowest BCUT2D eigenvalue weighted by Crippen LogP contribution is -1.91. The number of nitrogens with two attached hydrogens (primary N) is 1. The van der Waals surface area contributed by atoms with E-state index in [4.69, 9.17) is 5.73 Å². The molecule has 0 aliphatic rings. The molecule has 92 valence electrons. The molecule has 18 heavy (non-hydrogen) atoms. The maximum atomic E-state index is 5.91. The van der Waals surface area contributed by atoms with E-state index >= 15 is 0 Å². The quantitative estimate of drug-likeness (QED) is 0.655. The summed E-state index contributed by atoms with van der Waals surface area (Å²) in [4.78, 5) is 12.1. The summed E-state index contributed by atoms with van der Waals surface area (Å²) < 4.78 is 4.22. The van der Waals surface area contributed by atoms with Crippen LogP contribution in [0.4, 0.5) is 10.8 Å². The molecule has 0 fully saturated rings. The summed E-state index contributed by atoms with van der Waals surface area (Å²) in [5.74, 6) is 1.50. The van der Waals surface area contributed by atoms with Gasteiger partial charge in [-0.1, -0.05) is 0 Å². The molecule has 6 nitrogen and oxygen atoms in total. The Bertz CT molecular complexity index is 694. The van der Waals surface area contributed by atoms with Crippen LogP contribution in [-0.2, 0) is 0 Å². The fraction of sp³-hybridized carbons (Fsp3) is 0.182. The van der Waals surface area contributed by atoms with Gasteiger partial charge in [-0.2, -0.15) is 4.37 Å². The first-order valence-electron chi connectivity index (χ1n) is 5.45. The van der Waals surface area contributed by atoms with Crippen LogP contribution in [0.1, 0.15) is 5.69 Å². The average Bonchev–Trinajstić information content (AvgIpc) is 2.91. The number of nitrogens with zero attached hydrogens (tertiary/aromatic N) is 3. The van der Waals surface area contributed by atoms with E-state index in [0.29, 0.717) is 10.6 Å². The standard InChI is InChI=1S/C11H12N6S/c1-5-8(9(12)18-17-5)11-14-6-3-4-7(13-2)15-10(6)16-11/h3-4H,12H2,1-2H3,(H2,13,14,15,16). The van der Waals surface area contributed by atoms with Crippen molar-refractivity contribution in [1.29, 1.82) is 0 Å². The van der Waals surface area contributed by atoms with Gasteiger partial charge in [0.1, 0.15) is 16.6 Å². The lowest BCUT2D eigenvalue weighted by Gasteiger charge is -1.95. The van der Waals surface area contributed by atoms with E-state index in [1.807, 2.05) is 26.1 Å². The number of aryl methyl sites for hydroxylation is 1. The molecule has 4 N–H and O–H groups in total. The van der Waals surface area contributed by atoms with Gasteiger partial charge in [0.15, 0.2) is 5.65 Å². The summed E-state index contributed by atoms with van der Waals surface area (Å²) in [5, 5.41) is 3.65. The lowest BCUT2D eigenvalue weighted by molar-refractivity contribution is 1.26. The molecule has 0 aromatic carbocycles. The number of pyridine rings is 1. The fourth-order valence-electron chi connectivity index (χ4n) is 1.83. The Balaban J connectivity index is 2.19. The van der Waals surface area contributed by atoms with Crippen LogP contribution in [0, 0.1) is 6.92 Å². The summed E-state index contributed by atoms with van der Waals surface area (Å²) in [5.41, 5.74) is 9.21. The molecule has 0 bridgehead atoms. The average molecular weight is 260 g/mol. The van der Waals surface area contributed by atoms with Crippen molar-refractivity contribution in [2.45, 2.75) is 6.92 Å². The van der Waals surface area contributed by atoms with Crippen LogP contribution in [-0.4, -0.2) is 26.4 Å². The van der Waals surface area contributed by atoms with E-state index in [1.165, 1.54) is 11.5 Å². The third-order valence-electron chi connectivity index (χ3n) is 2.73. The zero-order chi connectivity index (χ0) is 12.7. The molecule has 0 aliphatic carbocycles. The molecule has 3 rings (SSSR count). The van der Waals surface area contributed by atoms with Crippen LogP contribution in [0.3, 0.4) is 0 Å². The normalized spacial score (nSPS) is 11.0. The lowest BCUT2D eigenvalue weighted by atomic mass is 10.2. The highest BCUT2D eigenvalue weighted by atomic mass is 32.1. The van der Waals surface area contributed by atoms with E-state index in [1.54, 1.807) is 0 Å². The van der Waals surface area contributed by atoms with Crippen LogP contribution in [0.15, 0.2) is 12.1 Å². The van der Waals surface area contributed by atoms with E-state index in [2.05, 4.69) is 24.6 Å². The second kappa shape index (κ2) is 3.95. The first-order chi connectivity index (χ1) is 8.69. The Hall–Kier alpha value is -2.15. The predicted molar refractivity (Wildman–Crippen MR) is 73.7 cm³/mol. The predicted octanol–water partition coefficient (Wildman–Crippen LogP) is 2.01. The van der Waals surface area contributed by atoms with Gasteiger partial charge in [0.05, 0.1) is 16.8 Å². The van der Waals surface area contributed by atoms with Crippen molar-refractivity contribution in [2.75, 3.05) is 18.1 Å². The highest BCUT2D eigenvalue weighted by Crippen LogP contribution is 2.31. The number of hydrogen-bond acceptors (Lipinski definition) is 6. The number of imidazole rings is 1. The maximum absolute atomic E-state index is 5.91. The molecule has 0 amide bonds. The van der Waals surface area contributed by atoms with Crippen molar-refractivity contribution in [1.82, 2.24) is 19.3 Å². The minimum Gasteiger partial charge on any atom is -0.389 e. The van der Waals surface area contributed by atoms with Crippen LogP contribution in [0.2, 0.25) is 0 Å². The minimum atomic E-state index is 0.667. The van der Waals surface area contributed by atoms with E-state index in [-0.39, 0.29) is 0 Å². The zero-order valence-corrected chi connectivity index (χ0v) is 10.8. The second-order valence-electron chi connectivity index (χ2n) is 3.91. The smallest absolute Gasteiger partial charge is 0.180 e. The number of nitrogens with one attached hydrogen (secondary N) is 2. The van der Waals surface area contributed by atoms with Gasteiger partial charge in [-0.25, -0.2) is 9.97 Å². The van der Waals surface area contributed by atoms with Crippen molar-refractivity contribution in [3.63, 3.8) is 0 Å². The number of anilines is 2. The van der Waals surface area contributed by atoms with Crippen molar-refractivity contribution < 1.29 is 0 Å². The molecule has 0 atom stereocenters. The molecule has 3 aromatic rings. The molecule has 0 saturated heterocycles. The maximum Gasteiger partial charge on any atom is 0.180 e. The molecule has 7 heteroatoms. The highest BCUT2D eigenvalue weighted by molar-refractivity contribution is 7.10. The molecule has 0 aliphatic heterocycles. The molecule has 0 radical (unpaired) electrons. The summed E-state index contributed by atoms with van der Waals surface area (Å²) in [7, 11) is 1.83. The zero-order valence-electron chi connectivity index (χ0n) is 9.98. The van der Waals surface area contributed by atoms with Gasteiger partial charge in [0, 0.05) is 7.05 Å². The molecule has 0 saturated carbocycles. The van der Waals surface area contributed by atoms with Crippen LogP contribution >= 0.6 is 11.5 Å². The van der Waals surface area contributed by atoms with E-state index in [0.717, 1.165) is 28.4 Å². The first kappa shape index (κ1) is 11.0. The monoisotopic (exact) mass is 260 g/mol. The number of H-pyrrole nitrogens is 1. The number of rotatable bonds is 2. The Labute approximate surface area is 107 Å². The molecular formula is C11H12N6S. The highest BCUT2D eigenvalue weighted by Gasteiger charge is 2.14. The summed E-state index contributed by atoms with van der Waals surface area (Å²) in [6, 6.07) is 3.84. The molecule has 3 heterocycles. The molecule has 0 spiro atoms.